The molecule has 3 aromatic rings. The third-order valence-corrected chi connectivity index (χ3v) is 8.22. The van der Waals surface area contributed by atoms with Gasteiger partial charge in [0, 0.05) is 21.3 Å². The van der Waals surface area contributed by atoms with Crippen molar-refractivity contribution in [2.75, 3.05) is 11.9 Å². The highest BCUT2D eigenvalue weighted by molar-refractivity contribution is 9.11. The molecule has 38 heavy (non-hydrogen) atoms. The van der Waals surface area contributed by atoms with Gasteiger partial charge in [0.2, 0.25) is 5.91 Å². The second-order valence-electron chi connectivity index (χ2n) is 8.47. The van der Waals surface area contributed by atoms with E-state index >= 15 is 0 Å². The molecule has 3 aromatic carbocycles. The van der Waals surface area contributed by atoms with Crippen molar-refractivity contribution >= 4 is 95.6 Å². The summed E-state index contributed by atoms with van der Waals surface area (Å²) in [5, 5.41) is 3.31. The zero-order valence-electron chi connectivity index (χ0n) is 20.1. The number of nitrogens with zero attached hydrogens (tertiary/aromatic N) is 1. The Bertz CT molecular complexity index is 1470. The minimum absolute atomic E-state index is 0.218. The minimum Gasteiger partial charge on any atom is -0.486 e. The van der Waals surface area contributed by atoms with E-state index in [1.807, 2.05) is 32.0 Å². The Morgan fingerprint density at radius 3 is 2.45 bits per heavy atom. The van der Waals surface area contributed by atoms with E-state index in [0.29, 0.717) is 36.0 Å². The zero-order chi connectivity index (χ0) is 27.6. The van der Waals surface area contributed by atoms with E-state index in [1.165, 1.54) is 0 Å². The van der Waals surface area contributed by atoms with Crippen LogP contribution in [0.2, 0.25) is 10.0 Å². The van der Waals surface area contributed by atoms with Gasteiger partial charge in [-0.3, -0.25) is 19.3 Å². The lowest BCUT2D eigenvalue weighted by atomic mass is 10.1. The predicted octanol–water partition coefficient (Wildman–Crippen LogP) is 8.39. The molecule has 1 heterocycles. The molecule has 0 unspecified atom stereocenters. The largest absolute Gasteiger partial charge is 0.486 e. The maximum Gasteiger partial charge on any atom is 0.294 e. The number of thioether (sulfide) groups is 1. The first-order valence-corrected chi connectivity index (χ1v) is 14.4. The van der Waals surface area contributed by atoms with Gasteiger partial charge in [0.05, 0.1) is 13.9 Å². The van der Waals surface area contributed by atoms with Gasteiger partial charge in [0.1, 0.15) is 18.9 Å². The molecule has 1 N–H and O–H groups in total. The van der Waals surface area contributed by atoms with Gasteiger partial charge in [-0.1, -0.05) is 41.4 Å². The van der Waals surface area contributed by atoms with Gasteiger partial charge in [-0.2, -0.15) is 0 Å². The SMILES string of the molecule is Cc1ccc(C)c(NC(=O)CN2C(=O)S/C(=C/c3cc(Br)c(OCc4ccc(Cl)cc4Cl)c(Br)c3)C2=O)c1. The van der Waals surface area contributed by atoms with E-state index < -0.39 is 17.1 Å². The van der Waals surface area contributed by atoms with E-state index in [9.17, 15) is 14.4 Å². The summed E-state index contributed by atoms with van der Waals surface area (Å²) in [6.07, 6.45) is 1.60. The third-order valence-electron chi connectivity index (χ3n) is 5.55. The molecule has 0 aromatic heterocycles. The number of nitrogens with one attached hydrogen (secondary N) is 1. The minimum atomic E-state index is -0.527. The number of anilines is 1. The van der Waals surface area contributed by atoms with Crippen LogP contribution in [0.15, 0.2) is 62.4 Å². The lowest BCUT2D eigenvalue weighted by Gasteiger charge is -2.14. The molecule has 3 amide bonds. The molecule has 0 spiro atoms. The van der Waals surface area contributed by atoms with E-state index in [0.717, 1.165) is 33.4 Å². The molecule has 0 saturated carbocycles. The van der Waals surface area contributed by atoms with Gasteiger partial charge in [-0.05, 0) is 111 Å². The smallest absolute Gasteiger partial charge is 0.294 e. The lowest BCUT2D eigenvalue weighted by Crippen LogP contribution is -2.36. The topological polar surface area (TPSA) is 75.7 Å². The van der Waals surface area contributed by atoms with Crippen LogP contribution >= 0.6 is 66.8 Å². The highest BCUT2D eigenvalue weighted by Crippen LogP contribution is 2.38. The third kappa shape index (κ3) is 6.82. The maximum atomic E-state index is 12.9. The van der Waals surface area contributed by atoms with Gasteiger partial charge in [-0.15, -0.1) is 0 Å². The molecule has 4 rings (SSSR count). The Kier molecular flexibility index (Phi) is 9.26. The fourth-order valence-electron chi connectivity index (χ4n) is 3.58. The predicted molar refractivity (Wildman–Crippen MR) is 160 cm³/mol. The van der Waals surface area contributed by atoms with Crippen LogP contribution in [0.4, 0.5) is 10.5 Å². The van der Waals surface area contributed by atoms with Crippen LogP contribution in [-0.4, -0.2) is 28.5 Å². The Morgan fingerprint density at radius 2 is 1.76 bits per heavy atom. The highest BCUT2D eigenvalue weighted by Gasteiger charge is 2.36. The molecule has 1 aliphatic heterocycles. The average molecular weight is 699 g/mol. The van der Waals surface area contributed by atoms with Crippen molar-refractivity contribution in [2.24, 2.45) is 0 Å². The summed E-state index contributed by atoms with van der Waals surface area (Å²) < 4.78 is 7.21. The summed E-state index contributed by atoms with van der Waals surface area (Å²) in [7, 11) is 0. The van der Waals surface area contributed by atoms with Crippen LogP contribution < -0.4 is 10.1 Å². The zero-order valence-corrected chi connectivity index (χ0v) is 25.6. The number of hydrogen-bond acceptors (Lipinski definition) is 5. The first kappa shape index (κ1) is 28.7. The van der Waals surface area contributed by atoms with Gasteiger partial charge in [0.25, 0.3) is 11.1 Å². The molecule has 6 nitrogen and oxygen atoms in total. The van der Waals surface area contributed by atoms with Gasteiger partial charge in [-0.25, -0.2) is 0 Å². The number of aryl methyl sites for hydroxylation is 2. The monoisotopic (exact) mass is 696 g/mol. The summed E-state index contributed by atoms with van der Waals surface area (Å²) in [6.45, 7) is 3.64. The normalized spacial score (nSPS) is 14.4. The van der Waals surface area contributed by atoms with Crippen LogP contribution in [0.1, 0.15) is 22.3 Å². The average Bonchev–Trinajstić information content (AvgIpc) is 3.09. The fourth-order valence-corrected chi connectivity index (χ4v) is 6.33. The molecule has 196 valence electrons. The van der Waals surface area contributed by atoms with E-state index in [1.54, 1.807) is 36.4 Å². The van der Waals surface area contributed by atoms with Crippen molar-refractivity contribution in [3.05, 3.63) is 94.7 Å². The maximum absolute atomic E-state index is 12.9. The molecular formula is C27H20Br2Cl2N2O4S. The fraction of sp³-hybridized carbons (Fsp3) is 0.148. The van der Waals surface area contributed by atoms with E-state index in [4.69, 9.17) is 27.9 Å². The van der Waals surface area contributed by atoms with E-state index in [2.05, 4.69) is 37.2 Å². The van der Waals surface area contributed by atoms with E-state index in [-0.39, 0.29) is 18.1 Å². The van der Waals surface area contributed by atoms with Crippen LogP contribution in [0.25, 0.3) is 6.08 Å². The molecule has 1 saturated heterocycles. The van der Waals surface area contributed by atoms with Crippen LogP contribution in [-0.2, 0) is 16.2 Å². The van der Waals surface area contributed by atoms with Gasteiger partial charge < -0.3 is 10.1 Å². The Balaban J connectivity index is 1.45. The highest BCUT2D eigenvalue weighted by atomic mass is 79.9. The number of amides is 3. The number of rotatable bonds is 7. The first-order chi connectivity index (χ1) is 18.0. The van der Waals surface area contributed by atoms with Crippen molar-refractivity contribution in [3.8, 4) is 5.75 Å². The Labute approximate surface area is 251 Å². The number of halogens is 4. The van der Waals surface area contributed by atoms with Gasteiger partial charge in [0.15, 0.2) is 0 Å². The summed E-state index contributed by atoms with van der Waals surface area (Å²) in [5.74, 6) is -0.430. The molecule has 0 radical (unpaired) electrons. The Hall–Kier alpha value is -2.30. The summed E-state index contributed by atoms with van der Waals surface area (Å²) in [4.78, 5) is 39.2. The van der Waals surface area contributed by atoms with Crippen LogP contribution in [0.5, 0.6) is 5.75 Å². The molecular weight excluding hydrogens is 679 g/mol. The lowest BCUT2D eigenvalue weighted by molar-refractivity contribution is -0.127. The quantitative estimate of drug-likeness (QED) is 0.251. The summed E-state index contributed by atoms with van der Waals surface area (Å²) in [5.41, 5.74) is 3.95. The Morgan fingerprint density at radius 1 is 1.05 bits per heavy atom. The van der Waals surface area contributed by atoms with Gasteiger partial charge >= 0.3 is 0 Å². The van der Waals surface area contributed by atoms with Crippen LogP contribution in [0, 0.1) is 13.8 Å². The first-order valence-electron chi connectivity index (χ1n) is 11.2. The van der Waals surface area contributed by atoms with Crippen molar-refractivity contribution in [2.45, 2.75) is 20.5 Å². The van der Waals surface area contributed by atoms with Crippen LogP contribution in [0.3, 0.4) is 0 Å². The molecule has 11 heteroatoms. The molecule has 0 atom stereocenters. The van der Waals surface area contributed by atoms with Crippen molar-refractivity contribution in [3.63, 3.8) is 0 Å². The summed E-state index contributed by atoms with van der Waals surface area (Å²) in [6, 6.07) is 14.4. The number of ether oxygens (including phenoxy) is 1. The molecule has 1 aliphatic rings. The summed E-state index contributed by atoms with van der Waals surface area (Å²) >= 11 is 20.0. The number of benzene rings is 3. The van der Waals surface area contributed by atoms with Crippen molar-refractivity contribution in [1.29, 1.82) is 0 Å². The van der Waals surface area contributed by atoms with Crippen molar-refractivity contribution in [1.82, 2.24) is 4.90 Å². The molecule has 0 aliphatic carbocycles. The van der Waals surface area contributed by atoms with Crippen molar-refractivity contribution < 1.29 is 19.1 Å². The number of hydrogen-bond donors (Lipinski definition) is 1. The standard InChI is InChI=1S/C27H20Br2Cl2N2O4S/c1-14-3-4-15(2)22(7-14)32-24(34)12-33-26(35)23(38-27(33)36)10-16-8-19(28)25(20(29)9-16)37-13-17-5-6-18(30)11-21(17)31/h3-11H,12-13H2,1-2H3,(H,32,34)/b23-10+. The molecule has 0 bridgehead atoms. The molecule has 1 fully saturated rings. The second-order valence-corrected chi connectivity index (χ2v) is 12.0. The second kappa shape index (κ2) is 12.3. The number of carbonyl (C=O) groups excluding carboxylic acids is 3. The number of carbonyl (C=O) groups is 3. The number of imide groups is 1.